The van der Waals surface area contributed by atoms with E-state index in [-0.39, 0.29) is 17.4 Å². The number of amides is 1. The molecule has 1 amide bonds. The first-order chi connectivity index (χ1) is 13.0. The van der Waals surface area contributed by atoms with Crippen molar-refractivity contribution in [3.8, 4) is 5.75 Å². The molecule has 5 rings (SSSR count). The molecule has 1 saturated heterocycles. The fourth-order valence-electron chi connectivity index (χ4n) is 5.11. The van der Waals surface area contributed by atoms with Crippen LogP contribution in [-0.4, -0.2) is 41.1 Å². The minimum atomic E-state index is -0.150. The number of hydrogen-bond acceptors (Lipinski definition) is 4. The fourth-order valence-corrected chi connectivity index (χ4v) is 5.75. The Balaban J connectivity index is 1.52. The Morgan fingerprint density at radius 2 is 2.22 bits per heavy atom. The number of rotatable bonds is 4. The van der Waals surface area contributed by atoms with Crippen LogP contribution in [0, 0.1) is 5.92 Å². The monoisotopic (exact) mass is 382 g/mol. The molecule has 3 atom stereocenters. The van der Waals surface area contributed by atoms with E-state index in [4.69, 9.17) is 0 Å². The van der Waals surface area contributed by atoms with Crippen LogP contribution in [0.3, 0.4) is 0 Å². The van der Waals surface area contributed by atoms with E-state index in [1.54, 1.807) is 17.4 Å². The van der Waals surface area contributed by atoms with E-state index in [2.05, 4.69) is 23.2 Å². The molecule has 5 heteroatoms. The molecule has 1 aromatic heterocycles. The van der Waals surface area contributed by atoms with Crippen molar-refractivity contribution in [3.05, 3.63) is 51.7 Å². The number of carbonyl (C=O) groups excluding carboxylic acids is 1. The highest BCUT2D eigenvalue weighted by atomic mass is 32.1. The fraction of sp³-hybridized carbons (Fsp3) is 0.500. The minimum Gasteiger partial charge on any atom is -0.508 e. The zero-order chi connectivity index (χ0) is 18.6. The van der Waals surface area contributed by atoms with Crippen LogP contribution in [0.1, 0.15) is 47.7 Å². The highest BCUT2D eigenvalue weighted by Gasteiger charge is 2.52. The summed E-state index contributed by atoms with van der Waals surface area (Å²) < 4.78 is 0. The largest absolute Gasteiger partial charge is 0.508 e. The highest BCUT2D eigenvalue weighted by Crippen LogP contribution is 2.47. The maximum absolute atomic E-state index is 12.9. The lowest BCUT2D eigenvalue weighted by molar-refractivity contribution is 0.0394. The van der Waals surface area contributed by atoms with Crippen molar-refractivity contribution in [2.75, 3.05) is 13.1 Å². The molecule has 142 valence electrons. The average Bonchev–Trinajstić information content (AvgIpc) is 3.29. The van der Waals surface area contributed by atoms with Crippen LogP contribution < -0.4 is 5.32 Å². The van der Waals surface area contributed by atoms with Crippen molar-refractivity contribution in [3.63, 3.8) is 0 Å². The number of aromatic hydroxyl groups is 1. The molecule has 2 aliphatic carbocycles. The third-order valence-corrected chi connectivity index (χ3v) is 7.54. The lowest BCUT2D eigenvalue weighted by Crippen LogP contribution is -2.68. The zero-order valence-electron chi connectivity index (χ0n) is 15.6. The number of phenols is 1. The number of hydrogen-bond donors (Lipinski definition) is 2. The van der Waals surface area contributed by atoms with Crippen LogP contribution in [0.15, 0.2) is 35.0 Å². The van der Waals surface area contributed by atoms with Crippen LogP contribution in [0.4, 0.5) is 0 Å². The minimum absolute atomic E-state index is 0.0225. The van der Waals surface area contributed by atoms with Crippen molar-refractivity contribution >= 4 is 17.2 Å². The summed E-state index contributed by atoms with van der Waals surface area (Å²) in [6.45, 7) is 4.49. The van der Waals surface area contributed by atoms with E-state index < -0.39 is 0 Å². The van der Waals surface area contributed by atoms with Crippen LogP contribution in [-0.2, 0) is 11.8 Å². The summed E-state index contributed by atoms with van der Waals surface area (Å²) in [5, 5.41) is 17.4. The van der Waals surface area contributed by atoms with Gasteiger partial charge in [0, 0.05) is 28.9 Å². The maximum atomic E-state index is 12.9. The number of nitrogens with zero attached hydrogens (tertiary/aromatic N) is 1. The molecular weight excluding hydrogens is 356 g/mol. The van der Waals surface area contributed by atoms with Crippen molar-refractivity contribution < 1.29 is 9.90 Å². The number of likely N-dealkylation sites (tertiary alicyclic amines) is 1. The number of thiophene rings is 1. The van der Waals surface area contributed by atoms with E-state index in [1.807, 2.05) is 22.9 Å². The molecule has 1 aliphatic heterocycles. The quantitative estimate of drug-likeness (QED) is 0.850. The Morgan fingerprint density at radius 3 is 2.96 bits per heavy atom. The molecule has 1 aromatic carbocycles. The average molecular weight is 383 g/mol. The van der Waals surface area contributed by atoms with Gasteiger partial charge in [0.25, 0.3) is 5.91 Å². The number of phenolic OH excluding ortho intramolecular Hbond substituents is 1. The summed E-state index contributed by atoms with van der Waals surface area (Å²) in [6, 6.07) is 8.07. The number of carbonyl (C=O) groups is 1. The van der Waals surface area contributed by atoms with Gasteiger partial charge in [-0.25, -0.2) is 0 Å². The van der Waals surface area contributed by atoms with Gasteiger partial charge in [0.2, 0.25) is 0 Å². The molecule has 2 bridgehead atoms. The SMILES string of the molecule is C[C@]12CCN(CC3CC3)[C@H](Cc3ccc(O)cc31)[C@H]2NC(=O)c1ccsc1. The molecule has 4 nitrogen and oxygen atoms in total. The smallest absolute Gasteiger partial charge is 0.252 e. The third-order valence-electron chi connectivity index (χ3n) is 6.86. The molecule has 2 heterocycles. The first-order valence-electron chi connectivity index (χ1n) is 9.94. The van der Waals surface area contributed by atoms with Gasteiger partial charge in [-0.3, -0.25) is 9.69 Å². The number of fused-ring (bicyclic) bond motifs is 4. The molecule has 3 aliphatic rings. The number of nitrogens with one attached hydrogen (secondary N) is 1. The topological polar surface area (TPSA) is 52.6 Å². The normalized spacial score (nSPS) is 30.0. The second-order valence-electron chi connectivity index (χ2n) is 8.68. The van der Waals surface area contributed by atoms with Crippen LogP contribution in [0.25, 0.3) is 0 Å². The maximum Gasteiger partial charge on any atom is 0.252 e. The van der Waals surface area contributed by atoms with Crippen molar-refractivity contribution in [2.45, 2.75) is 50.1 Å². The summed E-state index contributed by atoms with van der Waals surface area (Å²) in [5.41, 5.74) is 3.13. The Bertz CT molecular complexity index is 861. The van der Waals surface area contributed by atoms with Crippen LogP contribution in [0.2, 0.25) is 0 Å². The predicted molar refractivity (Wildman–Crippen MR) is 107 cm³/mol. The van der Waals surface area contributed by atoms with Crippen molar-refractivity contribution in [1.29, 1.82) is 0 Å². The second kappa shape index (κ2) is 6.35. The Hall–Kier alpha value is -1.85. The van der Waals surface area contributed by atoms with Gasteiger partial charge in [-0.1, -0.05) is 13.0 Å². The van der Waals surface area contributed by atoms with E-state index in [0.717, 1.165) is 37.4 Å². The lowest BCUT2D eigenvalue weighted by Gasteiger charge is -2.55. The lowest BCUT2D eigenvalue weighted by atomic mass is 9.61. The van der Waals surface area contributed by atoms with Gasteiger partial charge >= 0.3 is 0 Å². The Morgan fingerprint density at radius 1 is 1.37 bits per heavy atom. The highest BCUT2D eigenvalue weighted by molar-refractivity contribution is 7.08. The zero-order valence-corrected chi connectivity index (χ0v) is 16.5. The van der Waals surface area contributed by atoms with Gasteiger partial charge in [-0.15, -0.1) is 0 Å². The molecule has 0 radical (unpaired) electrons. The van der Waals surface area contributed by atoms with Gasteiger partial charge in [-0.2, -0.15) is 11.3 Å². The predicted octanol–water partition coefficient (Wildman–Crippen LogP) is 3.55. The van der Waals surface area contributed by atoms with Gasteiger partial charge in [0.05, 0.1) is 6.04 Å². The van der Waals surface area contributed by atoms with Crippen molar-refractivity contribution in [1.82, 2.24) is 10.2 Å². The number of piperidine rings is 1. The molecule has 0 spiro atoms. The third kappa shape index (κ3) is 2.97. The molecule has 2 N–H and O–H groups in total. The van der Waals surface area contributed by atoms with Gasteiger partial charge in [0.15, 0.2) is 0 Å². The standard InChI is InChI=1S/C22H26N2O2S/c1-22-7-8-24(12-14-2-3-14)19(10-15-4-5-17(25)11-18(15)22)20(22)23-21(26)16-6-9-27-13-16/h4-6,9,11,13-14,19-20,25H,2-3,7-8,10,12H2,1H3,(H,23,26)/t19-,20-,22+/m1/s1. The molecular formula is C22H26N2O2S. The van der Waals surface area contributed by atoms with Crippen LogP contribution in [0.5, 0.6) is 5.75 Å². The van der Waals surface area contributed by atoms with E-state index in [9.17, 15) is 9.90 Å². The second-order valence-corrected chi connectivity index (χ2v) is 9.46. The first-order valence-corrected chi connectivity index (χ1v) is 10.9. The summed E-state index contributed by atoms with van der Waals surface area (Å²) in [5.74, 6) is 1.18. The Labute approximate surface area is 164 Å². The Kier molecular flexibility index (Phi) is 4.06. The van der Waals surface area contributed by atoms with E-state index >= 15 is 0 Å². The summed E-state index contributed by atoms with van der Waals surface area (Å²) >= 11 is 1.55. The summed E-state index contributed by atoms with van der Waals surface area (Å²) in [6.07, 6.45) is 4.63. The summed E-state index contributed by atoms with van der Waals surface area (Å²) in [7, 11) is 0. The molecule has 27 heavy (non-hydrogen) atoms. The first kappa shape index (κ1) is 17.3. The van der Waals surface area contributed by atoms with Crippen LogP contribution >= 0.6 is 11.3 Å². The van der Waals surface area contributed by atoms with Gasteiger partial charge in [0.1, 0.15) is 5.75 Å². The summed E-state index contributed by atoms with van der Waals surface area (Å²) in [4.78, 5) is 15.5. The molecule has 0 unspecified atom stereocenters. The van der Waals surface area contributed by atoms with Crippen molar-refractivity contribution in [2.24, 2.45) is 5.92 Å². The molecule has 1 saturated carbocycles. The van der Waals surface area contributed by atoms with Gasteiger partial charge in [-0.05, 0) is 72.9 Å². The van der Waals surface area contributed by atoms with E-state index in [1.165, 1.54) is 24.0 Å². The number of benzene rings is 1. The van der Waals surface area contributed by atoms with Gasteiger partial charge < -0.3 is 10.4 Å². The molecule has 2 aromatic rings. The van der Waals surface area contributed by atoms with E-state index in [0.29, 0.717) is 11.8 Å². The molecule has 2 fully saturated rings.